The molecule has 1 aromatic carbocycles. The molecule has 0 aliphatic heterocycles. The quantitative estimate of drug-likeness (QED) is 0.744. The largest absolute Gasteiger partial charge is 0.494 e. The lowest BCUT2D eigenvalue weighted by Crippen LogP contribution is -2.19. The molecule has 3 rings (SSSR count). The molecule has 2 heterocycles. The Morgan fingerprint density at radius 3 is 2.76 bits per heavy atom. The summed E-state index contributed by atoms with van der Waals surface area (Å²) in [6.07, 6.45) is 2.80. The molecule has 7 nitrogen and oxygen atoms in total. The third-order valence-corrected chi connectivity index (χ3v) is 4.07. The van der Waals surface area contributed by atoms with E-state index in [4.69, 9.17) is 10.5 Å². The number of hydrogen-bond donors (Lipinski definition) is 2. The van der Waals surface area contributed by atoms with Gasteiger partial charge in [-0.2, -0.15) is 5.10 Å². The van der Waals surface area contributed by atoms with Crippen LogP contribution >= 0.6 is 0 Å². The van der Waals surface area contributed by atoms with Crippen molar-refractivity contribution in [2.45, 2.75) is 19.9 Å². The highest BCUT2D eigenvalue weighted by Crippen LogP contribution is 2.36. The second-order valence-corrected chi connectivity index (χ2v) is 5.66. The maximum absolute atomic E-state index is 11.8. The fourth-order valence-corrected chi connectivity index (χ4v) is 2.89. The minimum Gasteiger partial charge on any atom is -0.494 e. The lowest BCUT2D eigenvalue weighted by Gasteiger charge is -2.13. The smallest absolute Gasteiger partial charge is 0.254 e. The zero-order valence-electron chi connectivity index (χ0n) is 14.5. The molecule has 130 valence electrons. The Kier molecular flexibility index (Phi) is 4.56. The molecule has 0 spiro atoms. The van der Waals surface area contributed by atoms with Crippen LogP contribution in [0.25, 0.3) is 22.2 Å². The first-order valence-corrected chi connectivity index (χ1v) is 8.12. The minimum absolute atomic E-state index is 0.182. The Morgan fingerprint density at radius 1 is 1.32 bits per heavy atom. The van der Waals surface area contributed by atoms with Gasteiger partial charge in [-0.1, -0.05) is 13.0 Å². The molecule has 3 aromatic rings. The summed E-state index contributed by atoms with van der Waals surface area (Å²) in [5.41, 5.74) is 8.70. The molecule has 0 radical (unpaired) electrons. The summed E-state index contributed by atoms with van der Waals surface area (Å²) in [6, 6.07) is 7.35. The number of methoxy groups -OCH3 is 1. The van der Waals surface area contributed by atoms with E-state index in [1.54, 1.807) is 26.3 Å². The lowest BCUT2D eigenvalue weighted by molar-refractivity contribution is 0.0963. The number of nitrogens with two attached hydrogens (primary N) is 1. The van der Waals surface area contributed by atoms with Crippen molar-refractivity contribution in [3.05, 3.63) is 36.0 Å². The average molecular weight is 339 g/mol. The van der Waals surface area contributed by atoms with Gasteiger partial charge in [0, 0.05) is 24.5 Å². The van der Waals surface area contributed by atoms with Gasteiger partial charge in [0.2, 0.25) is 0 Å². The summed E-state index contributed by atoms with van der Waals surface area (Å²) >= 11 is 0. The number of nitrogens with zero attached hydrogens (tertiary/aromatic N) is 3. The molecule has 7 heteroatoms. The van der Waals surface area contributed by atoms with E-state index in [0.29, 0.717) is 17.0 Å². The maximum atomic E-state index is 11.8. The summed E-state index contributed by atoms with van der Waals surface area (Å²) in [5, 5.41) is 7.99. The predicted molar refractivity (Wildman–Crippen MR) is 97.6 cm³/mol. The second kappa shape index (κ2) is 6.80. The van der Waals surface area contributed by atoms with Gasteiger partial charge in [0.1, 0.15) is 11.3 Å². The highest BCUT2D eigenvalue weighted by atomic mass is 16.5. The van der Waals surface area contributed by atoms with Crippen molar-refractivity contribution in [3.8, 4) is 17.0 Å². The summed E-state index contributed by atoms with van der Waals surface area (Å²) in [4.78, 5) is 16.2. The number of nitrogen functional groups attached to an aromatic ring is 1. The van der Waals surface area contributed by atoms with Gasteiger partial charge in [-0.25, -0.2) is 4.98 Å². The van der Waals surface area contributed by atoms with E-state index >= 15 is 0 Å². The van der Waals surface area contributed by atoms with Crippen molar-refractivity contribution in [2.24, 2.45) is 0 Å². The van der Waals surface area contributed by atoms with Gasteiger partial charge in [-0.05, 0) is 24.6 Å². The average Bonchev–Trinajstić information content (AvgIpc) is 3.03. The second-order valence-electron chi connectivity index (χ2n) is 5.66. The summed E-state index contributed by atoms with van der Waals surface area (Å²) in [7, 11) is 3.19. The fourth-order valence-electron chi connectivity index (χ4n) is 2.89. The third-order valence-electron chi connectivity index (χ3n) is 4.07. The third kappa shape index (κ3) is 2.88. The van der Waals surface area contributed by atoms with Gasteiger partial charge in [-0.3, -0.25) is 9.48 Å². The van der Waals surface area contributed by atoms with E-state index in [1.165, 1.54) is 0 Å². The highest BCUT2D eigenvalue weighted by Gasteiger charge is 2.17. The molecule has 0 fully saturated rings. The molecule has 2 aromatic heterocycles. The minimum atomic E-state index is -0.264. The number of rotatable bonds is 5. The Labute approximate surface area is 145 Å². The molecule has 0 saturated carbocycles. The number of carbonyl (C=O) groups is 1. The van der Waals surface area contributed by atoms with E-state index < -0.39 is 0 Å². The van der Waals surface area contributed by atoms with E-state index in [9.17, 15) is 4.79 Å². The number of aromatic nitrogens is 3. The number of anilines is 1. The molecule has 0 aliphatic rings. The Balaban J connectivity index is 2.17. The summed E-state index contributed by atoms with van der Waals surface area (Å²) in [5.74, 6) is 0.615. The van der Waals surface area contributed by atoms with E-state index in [0.717, 1.165) is 29.4 Å². The highest BCUT2D eigenvalue weighted by molar-refractivity contribution is 5.99. The zero-order chi connectivity index (χ0) is 18.0. The van der Waals surface area contributed by atoms with Gasteiger partial charge >= 0.3 is 0 Å². The van der Waals surface area contributed by atoms with E-state index in [-0.39, 0.29) is 11.7 Å². The van der Waals surface area contributed by atoms with Crippen molar-refractivity contribution in [2.75, 3.05) is 19.9 Å². The van der Waals surface area contributed by atoms with Gasteiger partial charge in [-0.15, -0.1) is 0 Å². The zero-order valence-corrected chi connectivity index (χ0v) is 14.5. The van der Waals surface area contributed by atoms with Gasteiger partial charge in [0.15, 0.2) is 5.75 Å². The first-order valence-electron chi connectivity index (χ1n) is 8.12. The SMILES string of the molecule is CCCn1ncc2ccc(-c3ccc(C(=O)NC)c(N)n3)c(OC)c21. The molecular formula is C18H21N5O2. The predicted octanol–water partition coefficient (Wildman–Crippen LogP) is 2.46. The van der Waals surface area contributed by atoms with E-state index in [1.807, 2.05) is 23.0 Å². The maximum Gasteiger partial charge on any atom is 0.254 e. The number of aryl methyl sites for hydroxylation is 1. The molecule has 3 N–H and O–H groups in total. The first kappa shape index (κ1) is 16.8. The van der Waals surface area contributed by atoms with Crippen LogP contribution in [0.1, 0.15) is 23.7 Å². The number of carbonyl (C=O) groups excluding carboxylic acids is 1. The molecule has 25 heavy (non-hydrogen) atoms. The van der Waals surface area contributed by atoms with Gasteiger partial charge in [0.25, 0.3) is 5.91 Å². The number of fused-ring (bicyclic) bond motifs is 1. The van der Waals surface area contributed by atoms with Crippen molar-refractivity contribution in [1.82, 2.24) is 20.1 Å². The van der Waals surface area contributed by atoms with Crippen LogP contribution < -0.4 is 15.8 Å². The molecular weight excluding hydrogens is 318 g/mol. The topological polar surface area (TPSA) is 95.1 Å². The van der Waals surface area contributed by atoms with Crippen LogP contribution in [0.2, 0.25) is 0 Å². The molecule has 1 amide bonds. The van der Waals surface area contributed by atoms with Crippen molar-refractivity contribution in [3.63, 3.8) is 0 Å². The van der Waals surface area contributed by atoms with Crippen LogP contribution in [0.5, 0.6) is 5.75 Å². The molecule has 0 aliphatic carbocycles. The number of benzene rings is 1. The fraction of sp³-hybridized carbons (Fsp3) is 0.278. The Morgan fingerprint density at radius 2 is 2.12 bits per heavy atom. The van der Waals surface area contributed by atoms with Crippen LogP contribution in [-0.4, -0.2) is 34.8 Å². The first-order chi connectivity index (χ1) is 12.1. The molecule has 0 saturated heterocycles. The lowest BCUT2D eigenvalue weighted by atomic mass is 10.1. The number of nitrogens with one attached hydrogen (secondary N) is 1. The van der Waals surface area contributed by atoms with Crippen LogP contribution in [0.15, 0.2) is 30.5 Å². The monoisotopic (exact) mass is 339 g/mol. The Bertz CT molecular complexity index is 933. The van der Waals surface area contributed by atoms with Crippen LogP contribution in [0.3, 0.4) is 0 Å². The van der Waals surface area contributed by atoms with E-state index in [2.05, 4.69) is 22.3 Å². The van der Waals surface area contributed by atoms with Crippen molar-refractivity contribution >= 4 is 22.6 Å². The van der Waals surface area contributed by atoms with Crippen LogP contribution in [-0.2, 0) is 6.54 Å². The van der Waals surface area contributed by atoms with Gasteiger partial charge in [0.05, 0.1) is 24.6 Å². The van der Waals surface area contributed by atoms with Crippen molar-refractivity contribution in [1.29, 1.82) is 0 Å². The molecule has 0 unspecified atom stereocenters. The number of hydrogen-bond acceptors (Lipinski definition) is 5. The molecule has 0 atom stereocenters. The van der Waals surface area contributed by atoms with Gasteiger partial charge < -0.3 is 15.8 Å². The standard InChI is InChI=1S/C18H21N5O2/c1-4-9-23-15-11(10-21-23)5-6-12(16(15)25-3)14-8-7-13(17(19)22-14)18(24)20-2/h5-8,10H,4,9H2,1-3H3,(H2,19,22)(H,20,24). The summed E-state index contributed by atoms with van der Waals surface area (Å²) in [6.45, 7) is 2.90. The Hall–Kier alpha value is -3.09. The number of pyridine rings is 1. The summed E-state index contributed by atoms with van der Waals surface area (Å²) < 4.78 is 7.61. The van der Waals surface area contributed by atoms with Crippen LogP contribution in [0, 0.1) is 0 Å². The number of amides is 1. The normalized spacial score (nSPS) is 10.8. The van der Waals surface area contributed by atoms with Crippen molar-refractivity contribution < 1.29 is 9.53 Å². The number of ether oxygens (including phenoxy) is 1. The van der Waals surface area contributed by atoms with Crippen LogP contribution in [0.4, 0.5) is 5.82 Å². The molecule has 0 bridgehead atoms.